The lowest BCUT2D eigenvalue weighted by Crippen LogP contribution is -2.45. The molecule has 0 aliphatic rings. The van der Waals surface area contributed by atoms with E-state index in [1.807, 2.05) is 27.2 Å². The number of aliphatic hydroxyl groups excluding tert-OH is 1. The Hall–Kier alpha value is -0.760. The lowest BCUT2D eigenvalue weighted by atomic mass is 10.0. The van der Waals surface area contributed by atoms with Crippen LogP contribution in [0.1, 0.15) is 425 Å². The van der Waals surface area contributed by atoms with E-state index in [2.05, 4.69) is 19.2 Å². The van der Waals surface area contributed by atoms with E-state index in [4.69, 9.17) is 9.05 Å². The standard InChI is InChI=1S/C77H155N2O6P/c1-6-8-10-12-14-16-18-20-22-24-26-28-30-32-34-35-36-37-38-39-40-41-42-43-45-47-49-51-53-55-57-59-61-63-65-67-69-71-77(81)78-75(74-85-86(82,83)84-73-72-79(3,4)5)76(80)70-68-66-64-62-60-58-56-54-52-50-48-46-44-33-31-29-27-25-23-21-19-17-15-13-11-9-7-2/h68,70,75-76,80H,6-67,69,71-74H2,1-5H3,(H-,78,81,82,83)/p+1/b70-68+. The lowest BCUT2D eigenvalue weighted by Gasteiger charge is -2.25. The van der Waals surface area contributed by atoms with Crippen LogP contribution in [-0.2, 0) is 18.4 Å². The maximum atomic E-state index is 13.1. The van der Waals surface area contributed by atoms with Crippen molar-refractivity contribution in [1.29, 1.82) is 0 Å². The molecule has 0 bridgehead atoms. The Morgan fingerprint density at radius 1 is 0.384 bits per heavy atom. The number of likely N-dealkylation sites (N-methyl/N-ethyl adjacent to an activating group) is 1. The zero-order chi connectivity index (χ0) is 62.6. The van der Waals surface area contributed by atoms with E-state index in [1.165, 1.54) is 372 Å². The maximum absolute atomic E-state index is 13.1. The smallest absolute Gasteiger partial charge is 0.387 e. The van der Waals surface area contributed by atoms with Crippen LogP contribution in [0.4, 0.5) is 0 Å². The maximum Gasteiger partial charge on any atom is 0.472 e. The average molecular weight is 1240 g/mol. The molecule has 0 heterocycles. The first-order valence-corrected chi connectivity index (χ1v) is 40.6. The van der Waals surface area contributed by atoms with E-state index in [0.717, 1.165) is 32.1 Å². The zero-order valence-electron chi connectivity index (χ0n) is 59.1. The van der Waals surface area contributed by atoms with Gasteiger partial charge in [-0.15, -0.1) is 0 Å². The van der Waals surface area contributed by atoms with Crippen molar-refractivity contribution in [3.63, 3.8) is 0 Å². The number of carbonyl (C=O) groups excluding carboxylic acids is 1. The van der Waals surface area contributed by atoms with Crippen molar-refractivity contribution >= 4 is 13.7 Å². The van der Waals surface area contributed by atoms with E-state index >= 15 is 0 Å². The number of phosphoric ester groups is 1. The molecule has 9 heteroatoms. The van der Waals surface area contributed by atoms with Gasteiger partial charge in [0.2, 0.25) is 5.91 Å². The third-order valence-electron chi connectivity index (χ3n) is 18.5. The highest BCUT2D eigenvalue weighted by Crippen LogP contribution is 2.43. The number of amides is 1. The highest BCUT2D eigenvalue weighted by molar-refractivity contribution is 7.47. The molecule has 86 heavy (non-hydrogen) atoms. The zero-order valence-corrected chi connectivity index (χ0v) is 60.0. The number of unbranched alkanes of at least 4 members (excludes halogenated alkanes) is 61. The third kappa shape index (κ3) is 70.7. The summed E-state index contributed by atoms with van der Waals surface area (Å²) in [5.74, 6) is -0.165. The number of carbonyl (C=O) groups is 1. The Morgan fingerprint density at radius 2 is 0.616 bits per heavy atom. The first-order chi connectivity index (χ1) is 42.0. The summed E-state index contributed by atoms with van der Waals surface area (Å²) in [4.78, 5) is 23.5. The van der Waals surface area contributed by atoms with Gasteiger partial charge >= 0.3 is 7.82 Å². The molecule has 3 unspecified atom stereocenters. The molecule has 8 nitrogen and oxygen atoms in total. The van der Waals surface area contributed by atoms with E-state index < -0.39 is 20.0 Å². The quantitative estimate of drug-likeness (QED) is 0.0243. The van der Waals surface area contributed by atoms with Crippen LogP contribution in [0.15, 0.2) is 12.2 Å². The fraction of sp³-hybridized carbons (Fsp3) is 0.961. The van der Waals surface area contributed by atoms with Crippen LogP contribution in [0.3, 0.4) is 0 Å². The lowest BCUT2D eigenvalue weighted by molar-refractivity contribution is -0.870. The number of hydrogen-bond acceptors (Lipinski definition) is 5. The fourth-order valence-electron chi connectivity index (χ4n) is 12.5. The fourth-order valence-corrected chi connectivity index (χ4v) is 13.2. The summed E-state index contributed by atoms with van der Waals surface area (Å²) in [6, 6.07) is -0.844. The minimum atomic E-state index is -4.35. The van der Waals surface area contributed by atoms with E-state index in [0.29, 0.717) is 17.4 Å². The van der Waals surface area contributed by atoms with Gasteiger partial charge in [-0.1, -0.05) is 411 Å². The second kappa shape index (κ2) is 68.6. The summed E-state index contributed by atoms with van der Waals surface area (Å²) >= 11 is 0. The monoisotopic (exact) mass is 1240 g/mol. The largest absolute Gasteiger partial charge is 0.472 e. The van der Waals surface area contributed by atoms with E-state index in [9.17, 15) is 19.4 Å². The van der Waals surface area contributed by atoms with Gasteiger partial charge in [0.15, 0.2) is 0 Å². The Bertz CT molecular complexity index is 1410. The number of allylic oxidation sites excluding steroid dienone is 1. The van der Waals surface area contributed by atoms with Gasteiger partial charge in [0.25, 0.3) is 0 Å². The molecule has 0 aromatic heterocycles. The Labute approximate surface area is 539 Å². The van der Waals surface area contributed by atoms with Gasteiger partial charge in [0.1, 0.15) is 13.2 Å². The van der Waals surface area contributed by atoms with Crippen LogP contribution in [0, 0.1) is 0 Å². The summed E-state index contributed by atoms with van der Waals surface area (Å²) in [5, 5.41) is 14.0. The Morgan fingerprint density at radius 3 is 0.860 bits per heavy atom. The van der Waals surface area contributed by atoms with Crippen molar-refractivity contribution in [2.24, 2.45) is 0 Å². The molecule has 0 saturated heterocycles. The van der Waals surface area contributed by atoms with Gasteiger partial charge < -0.3 is 19.8 Å². The Balaban J connectivity index is 3.92. The molecule has 0 fully saturated rings. The summed E-state index contributed by atoms with van der Waals surface area (Å²) in [7, 11) is 1.60. The molecule has 3 atom stereocenters. The average Bonchev–Trinajstić information content (AvgIpc) is 3.70. The van der Waals surface area contributed by atoms with E-state index in [1.54, 1.807) is 6.08 Å². The topological polar surface area (TPSA) is 105 Å². The van der Waals surface area contributed by atoms with Crippen LogP contribution in [0.25, 0.3) is 0 Å². The predicted octanol–water partition coefficient (Wildman–Crippen LogP) is 25.2. The molecular formula is C77H156N2O6P+. The number of hydrogen-bond donors (Lipinski definition) is 3. The molecule has 514 valence electrons. The molecule has 0 aromatic rings. The van der Waals surface area contributed by atoms with Crippen molar-refractivity contribution in [2.45, 2.75) is 437 Å². The molecule has 0 rings (SSSR count). The molecule has 3 N–H and O–H groups in total. The number of rotatable bonds is 74. The van der Waals surface area contributed by atoms with Crippen LogP contribution >= 0.6 is 7.82 Å². The van der Waals surface area contributed by atoms with Crippen LogP contribution in [0.2, 0.25) is 0 Å². The Kier molecular flexibility index (Phi) is 68.0. The first-order valence-electron chi connectivity index (χ1n) is 39.1. The number of quaternary nitrogens is 1. The number of aliphatic hydroxyl groups is 1. The highest BCUT2D eigenvalue weighted by atomic mass is 31.2. The third-order valence-corrected chi connectivity index (χ3v) is 19.5. The molecular weight excluding hydrogens is 1080 g/mol. The van der Waals surface area contributed by atoms with Crippen molar-refractivity contribution in [1.82, 2.24) is 5.32 Å². The summed E-state index contributed by atoms with van der Waals surface area (Å²) < 4.78 is 23.9. The van der Waals surface area contributed by atoms with Crippen LogP contribution in [-0.4, -0.2) is 73.4 Å². The SMILES string of the molecule is CCCCCCCCCCCCCCCCCCCCCCCCCCC/C=C/C(O)C(COP(=O)(O)OCC[N+](C)(C)C)NC(=O)CCCCCCCCCCCCCCCCCCCCCCCCCCCCCCCCCCCCCCC. The molecule has 0 saturated carbocycles. The van der Waals surface area contributed by atoms with Crippen molar-refractivity contribution < 1.29 is 32.9 Å². The minimum absolute atomic E-state index is 0.0656. The normalized spacial score (nSPS) is 13.5. The second-order valence-electron chi connectivity index (χ2n) is 28.5. The van der Waals surface area contributed by atoms with E-state index in [-0.39, 0.29) is 19.1 Å². The van der Waals surface area contributed by atoms with Gasteiger partial charge in [-0.3, -0.25) is 13.8 Å². The second-order valence-corrected chi connectivity index (χ2v) is 29.9. The van der Waals surface area contributed by atoms with Gasteiger partial charge in [0.05, 0.1) is 39.9 Å². The van der Waals surface area contributed by atoms with Crippen LogP contribution in [0.5, 0.6) is 0 Å². The number of nitrogens with one attached hydrogen (secondary N) is 1. The van der Waals surface area contributed by atoms with Gasteiger partial charge in [0, 0.05) is 6.42 Å². The van der Waals surface area contributed by atoms with Gasteiger partial charge in [-0.25, -0.2) is 4.57 Å². The predicted molar refractivity (Wildman–Crippen MR) is 379 cm³/mol. The van der Waals surface area contributed by atoms with Gasteiger partial charge in [-0.2, -0.15) is 0 Å². The minimum Gasteiger partial charge on any atom is -0.387 e. The molecule has 0 aromatic carbocycles. The van der Waals surface area contributed by atoms with Gasteiger partial charge in [-0.05, 0) is 19.3 Å². The van der Waals surface area contributed by atoms with Crippen molar-refractivity contribution in [2.75, 3.05) is 40.9 Å². The number of phosphoric acid groups is 1. The summed E-state index contributed by atoms with van der Waals surface area (Å²) in [6.07, 6.45) is 89.8. The molecule has 0 spiro atoms. The molecule has 1 amide bonds. The van der Waals surface area contributed by atoms with Crippen molar-refractivity contribution in [3.8, 4) is 0 Å². The highest BCUT2D eigenvalue weighted by Gasteiger charge is 2.28. The van der Waals surface area contributed by atoms with Crippen molar-refractivity contribution in [3.05, 3.63) is 12.2 Å². The molecule has 0 aliphatic heterocycles. The molecule has 0 radical (unpaired) electrons. The first kappa shape index (κ1) is 85.2. The summed E-state index contributed by atoms with van der Waals surface area (Å²) in [6.45, 7) is 4.90. The summed E-state index contributed by atoms with van der Waals surface area (Å²) in [5.41, 5.74) is 0. The number of nitrogens with zero attached hydrogens (tertiary/aromatic N) is 1. The molecule has 0 aliphatic carbocycles. The van der Waals surface area contributed by atoms with Crippen LogP contribution < -0.4 is 5.32 Å².